The highest BCUT2D eigenvalue weighted by Gasteiger charge is 2.17. The van der Waals surface area contributed by atoms with Crippen molar-refractivity contribution in [3.05, 3.63) is 34.6 Å². The molecule has 0 N–H and O–H groups in total. The van der Waals surface area contributed by atoms with E-state index in [0.717, 1.165) is 19.6 Å². The van der Waals surface area contributed by atoms with E-state index in [1.54, 1.807) is 16.8 Å². The van der Waals surface area contributed by atoms with Crippen molar-refractivity contribution in [2.75, 3.05) is 32.8 Å². The Kier molecular flexibility index (Phi) is 4.77. The van der Waals surface area contributed by atoms with Crippen molar-refractivity contribution in [1.82, 2.24) is 19.7 Å². The van der Waals surface area contributed by atoms with Gasteiger partial charge in [0.05, 0.1) is 13.2 Å². The molecule has 0 bridgehead atoms. The number of morpholine rings is 1. The van der Waals surface area contributed by atoms with Gasteiger partial charge in [-0.05, 0) is 6.07 Å². The molecule has 0 saturated carbocycles. The van der Waals surface area contributed by atoms with E-state index >= 15 is 0 Å². The molecular weight excluding hydrogens is 310 g/mol. The zero-order valence-corrected chi connectivity index (χ0v) is 12.3. The van der Waals surface area contributed by atoms with E-state index in [9.17, 15) is 13.6 Å². The van der Waals surface area contributed by atoms with Crippen LogP contribution in [-0.2, 0) is 11.3 Å². The second-order valence-electron chi connectivity index (χ2n) is 5.15. The average Bonchev–Trinajstić information content (AvgIpc) is 3.05. The van der Waals surface area contributed by atoms with Crippen molar-refractivity contribution in [1.29, 1.82) is 0 Å². The second kappa shape index (κ2) is 6.97. The Labute approximate surface area is 130 Å². The lowest BCUT2D eigenvalue weighted by atomic mass is 10.2. The summed E-state index contributed by atoms with van der Waals surface area (Å²) in [5.74, 6) is -0.839. The van der Waals surface area contributed by atoms with Gasteiger partial charge < -0.3 is 13.7 Å². The normalized spacial score (nSPS) is 16.1. The van der Waals surface area contributed by atoms with Crippen molar-refractivity contribution in [2.24, 2.45) is 0 Å². The van der Waals surface area contributed by atoms with Crippen LogP contribution in [0.3, 0.4) is 0 Å². The Morgan fingerprint density at radius 2 is 2.00 bits per heavy atom. The molecule has 7 nitrogen and oxygen atoms in total. The van der Waals surface area contributed by atoms with Gasteiger partial charge in [0.1, 0.15) is 0 Å². The summed E-state index contributed by atoms with van der Waals surface area (Å²) >= 11 is 0. The zero-order chi connectivity index (χ0) is 16.2. The summed E-state index contributed by atoms with van der Waals surface area (Å²) in [5, 5.41) is 6.78. The highest BCUT2D eigenvalue weighted by molar-refractivity contribution is 5.50. The smallest absolute Gasteiger partial charge is 0.314 e. The SMILES string of the molecule is O=c1cc(-c2nnc(C(F)F)o2)ccn1CCN1CCOCC1. The molecule has 1 fully saturated rings. The van der Waals surface area contributed by atoms with Crippen LogP contribution in [-0.4, -0.2) is 52.5 Å². The van der Waals surface area contributed by atoms with E-state index in [-0.39, 0.29) is 11.4 Å². The summed E-state index contributed by atoms with van der Waals surface area (Å²) < 4.78 is 36.6. The fourth-order valence-corrected chi connectivity index (χ4v) is 2.34. The Balaban J connectivity index is 1.68. The molecule has 2 aromatic rings. The first-order chi connectivity index (χ1) is 11.1. The molecule has 0 radical (unpaired) electrons. The van der Waals surface area contributed by atoms with Gasteiger partial charge in [-0.1, -0.05) is 0 Å². The zero-order valence-electron chi connectivity index (χ0n) is 12.3. The molecule has 0 spiro atoms. The number of alkyl halides is 2. The quantitative estimate of drug-likeness (QED) is 0.821. The van der Waals surface area contributed by atoms with Gasteiger partial charge in [0.15, 0.2) is 0 Å². The third-order valence-electron chi connectivity index (χ3n) is 3.63. The van der Waals surface area contributed by atoms with Crippen LogP contribution in [0.25, 0.3) is 11.5 Å². The van der Waals surface area contributed by atoms with Crippen molar-refractivity contribution in [3.63, 3.8) is 0 Å². The number of aromatic nitrogens is 3. The van der Waals surface area contributed by atoms with Crippen molar-refractivity contribution in [3.8, 4) is 11.5 Å². The van der Waals surface area contributed by atoms with E-state index in [1.165, 1.54) is 6.07 Å². The lowest BCUT2D eigenvalue weighted by Crippen LogP contribution is -2.39. The largest absolute Gasteiger partial charge is 0.415 e. The molecule has 23 heavy (non-hydrogen) atoms. The molecule has 0 unspecified atom stereocenters. The first kappa shape index (κ1) is 15.8. The number of halogens is 2. The van der Waals surface area contributed by atoms with Crippen molar-refractivity contribution >= 4 is 0 Å². The van der Waals surface area contributed by atoms with Crippen LogP contribution < -0.4 is 5.56 Å². The van der Waals surface area contributed by atoms with E-state index in [2.05, 4.69) is 15.1 Å². The molecular formula is C14H16F2N4O3. The van der Waals surface area contributed by atoms with E-state index in [1.807, 2.05) is 0 Å². The van der Waals surface area contributed by atoms with E-state index in [4.69, 9.17) is 9.15 Å². The Morgan fingerprint density at radius 3 is 2.65 bits per heavy atom. The van der Waals surface area contributed by atoms with Gasteiger partial charge >= 0.3 is 6.43 Å². The number of hydrogen-bond donors (Lipinski definition) is 0. The predicted molar refractivity (Wildman–Crippen MR) is 76.2 cm³/mol. The third-order valence-corrected chi connectivity index (χ3v) is 3.63. The lowest BCUT2D eigenvalue weighted by Gasteiger charge is -2.26. The van der Waals surface area contributed by atoms with Gasteiger partial charge in [0, 0.05) is 44.0 Å². The molecule has 0 atom stereocenters. The van der Waals surface area contributed by atoms with Crippen LogP contribution in [0.4, 0.5) is 8.78 Å². The van der Waals surface area contributed by atoms with Crippen LogP contribution in [0.5, 0.6) is 0 Å². The highest BCUT2D eigenvalue weighted by atomic mass is 19.3. The monoisotopic (exact) mass is 326 g/mol. The lowest BCUT2D eigenvalue weighted by molar-refractivity contribution is 0.0363. The minimum atomic E-state index is -2.83. The number of ether oxygens (including phenoxy) is 1. The number of nitrogens with zero attached hydrogens (tertiary/aromatic N) is 4. The molecule has 1 saturated heterocycles. The summed E-state index contributed by atoms with van der Waals surface area (Å²) in [7, 11) is 0. The highest BCUT2D eigenvalue weighted by Crippen LogP contribution is 2.22. The molecule has 1 aliphatic rings. The van der Waals surface area contributed by atoms with Gasteiger partial charge in [0.2, 0.25) is 5.89 Å². The molecule has 0 amide bonds. The minimum Gasteiger partial charge on any atom is -0.415 e. The van der Waals surface area contributed by atoms with E-state index in [0.29, 0.717) is 25.3 Å². The summed E-state index contributed by atoms with van der Waals surface area (Å²) in [6.07, 6.45) is -1.23. The van der Waals surface area contributed by atoms with Crippen LogP contribution in [0.1, 0.15) is 12.3 Å². The molecule has 9 heteroatoms. The maximum Gasteiger partial charge on any atom is 0.314 e. The number of rotatable bonds is 5. The summed E-state index contributed by atoms with van der Waals surface area (Å²) in [6, 6.07) is 2.91. The summed E-state index contributed by atoms with van der Waals surface area (Å²) in [5.41, 5.74) is 0.0876. The van der Waals surface area contributed by atoms with Gasteiger partial charge in [-0.15, -0.1) is 10.2 Å². The van der Waals surface area contributed by atoms with Gasteiger partial charge in [-0.25, -0.2) is 0 Å². The van der Waals surface area contributed by atoms with Crippen LogP contribution >= 0.6 is 0 Å². The number of hydrogen-bond acceptors (Lipinski definition) is 6. The molecule has 3 rings (SSSR count). The van der Waals surface area contributed by atoms with Crippen molar-refractivity contribution in [2.45, 2.75) is 13.0 Å². The maximum atomic E-state index is 12.4. The first-order valence-electron chi connectivity index (χ1n) is 7.26. The Hall–Kier alpha value is -2.13. The molecule has 0 aliphatic carbocycles. The standard InChI is InChI=1S/C14H16F2N4O3/c15-12(16)14-18-17-13(23-14)10-1-2-20(11(21)9-10)4-3-19-5-7-22-8-6-19/h1-2,9,12H,3-8H2. The fourth-order valence-electron chi connectivity index (χ4n) is 2.34. The molecule has 3 heterocycles. The topological polar surface area (TPSA) is 73.4 Å². The Morgan fingerprint density at radius 1 is 1.22 bits per heavy atom. The van der Waals surface area contributed by atoms with Gasteiger partial charge in [-0.3, -0.25) is 9.69 Å². The molecule has 1 aliphatic heterocycles. The summed E-state index contributed by atoms with van der Waals surface area (Å²) in [6.45, 7) is 4.41. The number of pyridine rings is 1. The molecule has 2 aromatic heterocycles. The Bertz CT molecular complexity index is 710. The minimum absolute atomic E-state index is 0.0854. The second-order valence-corrected chi connectivity index (χ2v) is 5.15. The van der Waals surface area contributed by atoms with Crippen LogP contribution in [0, 0.1) is 0 Å². The van der Waals surface area contributed by atoms with Crippen LogP contribution in [0.15, 0.2) is 27.5 Å². The molecule has 124 valence electrons. The average molecular weight is 326 g/mol. The summed E-state index contributed by atoms with van der Waals surface area (Å²) in [4.78, 5) is 14.3. The van der Waals surface area contributed by atoms with Crippen molar-refractivity contribution < 1.29 is 17.9 Å². The van der Waals surface area contributed by atoms with E-state index < -0.39 is 12.3 Å². The van der Waals surface area contributed by atoms with Crippen LogP contribution in [0.2, 0.25) is 0 Å². The predicted octanol–water partition coefficient (Wildman–Crippen LogP) is 1.17. The molecule has 0 aromatic carbocycles. The third kappa shape index (κ3) is 3.80. The van der Waals surface area contributed by atoms with Gasteiger partial charge in [-0.2, -0.15) is 8.78 Å². The maximum absolute atomic E-state index is 12.4. The van der Waals surface area contributed by atoms with Gasteiger partial charge in [0.25, 0.3) is 11.4 Å². The fraction of sp³-hybridized carbons (Fsp3) is 0.500. The first-order valence-corrected chi connectivity index (χ1v) is 7.26.